The van der Waals surface area contributed by atoms with E-state index < -0.39 is 0 Å². The van der Waals surface area contributed by atoms with Crippen LogP contribution in [0.25, 0.3) is 0 Å². The van der Waals surface area contributed by atoms with Gasteiger partial charge in [0, 0.05) is 26.2 Å². The van der Waals surface area contributed by atoms with Crippen LogP contribution in [0.2, 0.25) is 0 Å². The summed E-state index contributed by atoms with van der Waals surface area (Å²) in [6.45, 7) is 8.03. The highest BCUT2D eigenvalue weighted by atomic mass is 35.5. The first-order chi connectivity index (χ1) is 9.72. The largest absolute Gasteiger partial charge is 0.378 e. The minimum atomic E-state index is -0.183. The molecular weight excluding hydrogens is 292 g/mol. The van der Waals surface area contributed by atoms with Crippen LogP contribution in [0, 0.1) is 0 Å². The number of likely N-dealkylation sites (tertiary alicyclic amines) is 1. The first-order valence-electron chi connectivity index (χ1n) is 7.97. The molecule has 1 amide bonds. The average Bonchev–Trinajstić information content (AvgIpc) is 2.70. The fourth-order valence-electron chi connectivity index (χ4n) is 2.94. The second-order valence-electron chi connectivity index (χ2n) is 5.76. The summed E-state index contributed by atoms with van der Waals surface area (Å²) in [5.74, 6) is 0.188. The third-order valence-electron chi connectivity index (χ3n) is 4.13. The zero-order valence-corrected chi connectivity index (χ0v) is 14.0. The van der Waals surface area contributed by atoms with Crippen molar-refractivity contribution in [2.45, 2.75) is 57.8 Å². The molecule has 3 atom stereocenters. The highest BCUT2D eigenvalue weighted by molar-refractivity contribution is 5.85. The lowest BCUT2D eigenvalue weighted by molar-refractivity contribution is -0.139. The molecule has 124 valence electrons. The van der Waals surface area contributed by atoms with Crippen LogP contribution in [0.4, 0.5) is 0 Å². The minimum Gasteiger partial charge on any atom is -0.378 e. The van der Waals surface area contributed by atoms with Crippen molar-refractivity contribution in [1.29, 1.82) is 0 Å². The number of carbonyl (C=O) groups excluding carboxylic acids is 1. The van der Waals surface area contributed by atoms with Crippen LogP contribution in [0.5, 0.6) is 0 Å². The van der Waals surface area contributed by atoms with E-state index in [0.29, 0.717) is 12.7 Å². The van der Waals surface area contributed by atoms with Crippen molar-refractivity contribution < 1.29 is 14.3 Å². The number of nitrogens with one attached hydrogen (secondary N) is 1. The number of rotatable bonds is 4. The fraction of sp³-hybridized carbons (Fsp3) is 0.933. The van der Waals surface area contributed by atoms with Crippen LogP contribution in [0.3, 0.4) is 0 Å². The highest BCUT2D eigenvalue weighted by Gasteiger charge is 2.32. The number of ether oxygens (including phenoxy) is 2. The maximum atomic E-state index is 12.6. The SMILES string of the molecule is CCCOC1CCCN(C(=O)[C@H]2NCCO[C@@H]2C)CC1.Cl. The molecule has 0 bridgehead atoms. The van der Waals surface area contributed by atoms with Gasteiger partial charge in [0.05, 0.1) is 18.8 Å². The lowest BCUT2D eigenvalue weighted by Crippen LogP contribution is -2.56. The predicted octanol–water partition coefficient (Wildman–Crippen LogP) is 1.59. The van der Waals surface area contributed by atoms with Crippen LogP contribution in [-0.4, -0.2) is 61.9 Å². The molecule has 2 saturated heterocycles. The number of amides is 1. The Bertz CT molecular complexity index is 317. The molecule has 6 heteroatoms. The van der Waals surface area contributed by atoms with Crippen LogP contribution in [0.15, 0.2) is 0 Å². The molecule has 2 rings (SSSR count). The van der Waals surface area contributed by atoms with E-state index in [1.54, 1.807) is 0 Å². The molecule has 2 fully saturated rings. The summed E-state index contributed by atoms with van der Waals surface area (Å²) in [6, 6.07) is -0.183. The maximum absolute atomic E-state index is 12.6. The summed E-state index contributed by atoms with van der Waals surface area (Å²) >= 11 is 0. The Hall–Kier alpha value is -0.360. The maximum Gasteiger partial charge on any atom is 0.242 e. The fourth-order valence-corrected chi connectivity index (χ4v) is 2.94. The molecule has 0 spiro atoms. The van der Waals surface area contributed by atoms with E-state index in [4.69, 9.17) is 9.47 Å². The monoisotopic (exact) mass is 320 g/mol. The van der Waals surface area contributed by atoms with E-state index in [0.717, 1.165) is 51.9 Å². The number of hydrogen-bond donors (Lipinski definition) is 1. The van der Waals surface area contributed by atoms with Crippen LogP contribution in [-0.2, 0) is 14.3 Å². The number of carbonyl (C=O) groups is 1. The quantitative estimate of drug-likeness (QED) is 0.854. The zero-order valence-electron chi connectivity index (χ0n) is 13.2. The molecular formula is C15H29ClN2O3. The van der Waals surface area contributed by atoms with Gasteiger partial charge in [-0.2, -0.15) is 0 Å². The lowest BCUT2D eigenvalue weighted by atomic mass is 10.1. The van der Waals surface area contributed by atoms with Gasteiger partial charge in [0.2, 0.25) is 5.91 Å². The van der Waals surface area contributed by atoms with Gasteiger partial charge in [-0.25, -0.2) is 0 Å². The third kappa shape index (κ3) is 5.40. The van der Waals surface area contributed by atoms with Crippen molar-refractivity contribution in [1.82, 2.24) is 10.2 Å². The second-order valence-corrected chi connectivity index (χ2v) is 5.76. The summed E-state index contributed by atoms with van der Waals surface area (Å²) < 4.78 is 11.4. The van der Waals surface area contributed by atoms with E-state index >= 15 is 0 Å². The Kier molecular flexibility index (Phi) is 8.56. The van der Waals surface area contributed by atoms with Gasteiger partial charge in [0.1, 0.15) is 6.04 Å². The van der Waals surface area contributed by atoms with Gasteiger partial charge in [-0.05, 0) is 32.6 Å². The predicted molar refractivity (Wildman–Crippen MR) is 84.9 cm³/mol. The molecule has 0 saturated carbocycles. The Morgan fingerprint density at radius 3 is 2.90 bits per heavy atom. The Morgan fingerprint density at radius 1 is 1.38 bits per heavy atom. The van der Waals surface area contributed by atoms with Crippen molar-refractivity contribution in [2.24, 2.45) is 0 Å². The normalized spacial score (nSPS) is 30.4. The molecule has 0 aromatic rings. The topological polar surface area (TPSA) is 50.8 Å². The molecule has 0 radical (unpaired) electrons. The molecule has 5 nitrogen and oxygen atoms in total. The molecule has 1 N–H and O–H groups in total. The van der Waals surface area contributed by atoms with Gasteiger partial charge in [-0.15, -0.1) is 12.4 Å². The van der Waals surface area contributed by atoms with E-state index in [2.05, 4.69) is 12.2 Å². The standard InChI is InChI=1S/C15H28N2O3.ClH/c1-3-10-20-13-5-4-8-17(9-6-13)15(18)14-12(2)19-11-7-16-14;/h12-14,16H,3-11H2,1-2H3;1H/t12-,13?,14+;/m1./s1. The van der Waals surface area contributed by atoms with Gasteiger partial charge >= 0.3 is 0 Å². The molecule has 2 heterocycles. The molecule has 21 heavy (non-hydrogen) atoms. The summed E-state index contributed by atoms with van der Waals surface area (Å²) in [7, 11) is 0. The smallest absolute Gasteiger partial charge is 0.242 e. The van der Waals surface area contributed by atoms with E-state index in [1.165, 1.54) is 0 Å². The molecule has 1 unspecified atom stereocenters. The van der Waals surface area contributed by atoms with Crippen LogP contribution in [0.1, 0.15) is 39.5 Å². The van der Waals surface area contributed by atoms with Gasteiger partial charge in [-0.1, -0.05) is 6.92 Å². The zero-order chi connectivity index (χ0) is 14.4. The van der Waals surface area contributed by atoms with Crippen molar-refractivity contribution in [3.8, 4) is 0 Å². The van der Waals surface area contributed by atoms with Gasteiger partial charge in [0.15, 0.2) is 0 Å². The summed E-state index contributed by atoms with van der Waals surface area (Å²) in [4.78, 5) is 14.6. The molecule has 0 aliphatic carbocycles. The van der Waals surface area contributed by atoms with Gasteiger partial charge in [-0.3, -0.25) is 4.79 Å². The Labute approximate surface area is 134 Å². The number of hydrogen-bond acceptors (Lipinski definition) is 4. The number of nitrogens with zero attached hydrogens (tertiary/aromatic N) is 1. The first-order valence-corrected chi connectivity index (χ1v) is 7.97. The number of halogens is 1. The van der Waals surface area contributed by atoms with Gasteiger partial charge in [0.25, 0.3) is 0 Å². The summed E-state index contributed by atoms with van der Waals surface area (Å²) in [6.07, 6.45) is 4.39. The van der Waals surface area contributed by atoms with E-state index in [1.807, 2.05) is 11.8 Å². The van der Waals surface area contributed by atoms with Crippen molar-refractivity contribution in [2.75, 3.05) is 32.8 Å². The lowest BCUT2D eigenvalue weighted by Gasteiger charge is -2.33. The van der Waals surface area contributed by atoms with Crippen LogP contribution >= 0.6 is 12.4 Å². The van der Waals surface area contributed by atoms with Crippen molar-refractivity contribution in [3.05, 3.63) is 0 Å². The highest BCUT2D eigenvalue weighted by Crippen LogP contribution is 2.17. The molecule has 2 aliphatic heterocycles. The van der Waals surface area contributed by atoms with E-state index in [9.17, 15) is 4.79 Å². The Balaban J connectivity index is 0.00000220. The molecule has 0 aromatic carbocycles. The third-order valence-corrected chi connectivity index (χ3v) is 4.13. The second kappa shape index (κ2) is 9.62. The first kappa shape index (κ1) is 18.7. The summed E-state index contributed by atoms with van der Waals surface area (Å²) in [5, 5.41) is 3.28. The van der Waals surface area contributed by atoms with Crippen molar-refractivity contribution in [3.63, 3.8) is 0 Å². The van der Waals surface area contributed by atoms with Gasteiger partial charge < -0.3 is 19.7 Å². The Morgan fingerprint density at radius 2 is 2.19 bits per heavy atom. The number of morpholine rings is 1. The van der Waals surface area contributed by atoms with E-state index in [-0.39, 0.29) is 30.5 Å². The average molecular weight is 321 g/mol. The molecule has 0 aromatic heterocycles. The van der Waals surface area contributed by atoms with Crippen molar-refractivity contribution >= 4 is 18.3 Å². The summed E-state index contributed by atoms with van der Waals surface area (Å²) in [5.41, 5.74) is 0. The molecule has 2 aliphatic rings. The van der Waals surface area contributed by atoms with Crippen LogP contribution < -0.4 is 5.32 Å². The minimum absolute atomic E-state index is 0.